The van der Waals surface area contributed by atoms with Crippen molar-refractivity contribution in [2.45, 2.75) is 33.1 Å². The Morgan fingerprint density at radius 1 is 0.917 bits per heavy atom. The molecule has 126 valence electrons. The molecule has 0 atom stereocenters. The summed E-state index contributed by atoms with van der Waals surface area (Å²) in [7, 11) is 0. The van der Waals surface area contributed by atoms with E-state index >= 15 is 0 Å². The molecule has 0 heterocycles. The van der Waals surface area contributed by atoms with E-state index in [0.29, 0.717) is 16.4 Å². The Kier molecular flexibility index (Phi) is 5.30. The van der Waals surface area contributed by atoms with Gasteiger partial charge in [0.1, 0.15) is 0 Å². The van der Waals surface area contributed by atoms with Gasteiger partial charge in [0, 0.05) is 16.4 Å². The van der Waals surface area contributed by atoms with E-state index in [4.69, 9.17) is 11.6 Å². The van der Waals surface area contributed by atoms with Gasteiger partial charge in [-0.05, 0) is 53.8 Å². The Morgan fingerprint density at radius 3 is 2.04 bits per heavy atom. The molecule has 0 saturated heterocycles. The number of aryl methyl sites for hydroxylation is 1. The first kappa shape index (κ1) is 18.0. The second-order valence-electron chi connectivity index (χ2n) is 6.69. The second kappa shape index (κ2) is 7.05. The van der Waals surface area contributed by atoms with Crippen molar-refractivity contribution in [1.82, 2.24) is 0 Å². The van der Waals surface area contributed by atoms with Crippen molar-refractivity contribution in [2.75, 3.05) is 10.6 Å². The zero-order chi connectivity index (χ0) is 17.9. The molecule has 0 fully saturated rings. The Labute approximate surface area is 147 Å². The number of anilines is 2. The lowest BCUT2D eigenvalue weighted by Gasteiger charge is -2.19. The molecule has 0 bridgehead atoms. The zero-order valence-corrected chi connectivity index (χ0v) is 15.0. The largest absolute Gasteiger partial charge is 0.318 e. The molecular formula is C19H21ClN2O2. The van der Waals surface area contributed by atoms with Gasteiger partial charge in [-0.1, -0.05) is 44.5 Å². The number of halogens is 1. The summed E-state index contributed by atoms with van der Waals surface area (Å²) in [5.41, 5.74) is 3.12. The number of benzene rings is 2. The fourth-order valence-corrected chi connectivity index (χ4v) is 2.41. The SMILES string of the molecule is Cc1cc(Cl)ccc1NC(=O)C(=O)Nc1ccc(C(C)(C)C)cc1. The quantitative estimate of drug-likeness (QED) is 0.787. The fraction of sp³-hybridized carbons (Fsp3) is 0.263. The van der Waals surface area contributed by atoms with E-state index in [9.17, 15) is 9.59 Å². The fourth-order valence-electron chi connectivity index (χ4n) is 2.19. The highest BCUT2D eigenvalue weighted by Crippen LogP contribution is 2.23. The van der Waals surface area contributed by atoms with Crippen LogP contribution >= 0.6 is 11.6 Å². The Morgan fingerprint density at radius 2 is 1.50 bits per heavy atom. The number of hydrogen-bond acceptors (Lipinski definition) is 2. The predicted octanol–water partition coefficient (Wildman–Crippen LogP) is 4.52. The van der Waals surface area contributed by atoms with Gasteiger partial charge in [-0.25, -0.2) is 0 Å². The molecule has 2 aromatic rings. The summed E-state index contributed by atoms with van der Waals surface area (Å²) in [6, 6.07) is 12.5. The highest BCUT2D eigenvalue weighted by atomic mass is 35.5. The maximum atomic E-state index is 12.0. The third-order valence-electron chi connectivity index (χ3n) is 3.65. The van der Waals surface area contributed by atoms with E-state index in [1.165, 1.54) is 0 Å². The first-order valence-electron chi connectivity index (χ1n) is 7.66. The molecule has 0 aromatic heterocycles. The number of nitrogens with one attached hydrogen (secondary N) is 2. The van der Waals surface area contributed by atoms with Crippen LogP contribution in [-0.4, -0.2) is 11.8 Å². The molecule has 2 amide bonds. The number of carbonyl (C=O) groups excluding carboxylic acids is 2. The highest BCUT2D eigenvalue weighted by molar-refractivity contribution is 6.43. The molecular weight excluding hydrogens is 324 g/mol. The van der Waals surface area contributed by atoms with Crippen LogP contribution in [0.5, 0.6) is 0 Å². The minimum absolute atomic E-state index is 0.0338. The van der Waals surface area contributed by atoms with Gasteiger partial charge >= 0.3 is 11.8 Å². The molecule has 24 heavy (non-hydrogen) atoms. The maximum Gasteiger partial charge on any atom is 0.314 e. The Bertz CT molecular complexity index is 762. The lowest BCUT2D eigenvalue weighted by Crippen LogP contribution is -2.29. The number of hydrogen-bond donors (Lipinski definition) is 2. The minimum atomic E-state index is -0.722. The van der Waals surface area contributed by atoms with Gasteiger partial charge < -0.3 is 10.6 Å². The van der Waals surface area contributed by atoms with E-state index in [2.05, 4.69) is 31.4 Å². The van der Waals surface area contributed by atoms with E-state index in [1.807, 2.05) is 19.1 Å². The summed E-state index contributed by atoms with van der Waals surface area (Å²) in [5.74, 6) is -1.44. The summed E-state index contributed by atoms with van der Waals surface area (Å²) in [5, 5.41) is 5.76. The molecule has 0 unspecified atom stereocenters. The van der Waals surface area contributed by atoms with Gasteiger partial charge in [-0.3, -0.25) is 9.59 Å². The van der Waals surface area contributed by atoms with Gasteiger partial charge in [0.05, 0.1) is 0 Å². The summed E-state index contributed by atoms with van der Waals surface area (Å²) >= 11 is 5.88. The minimum Gasteiger partial charge on any atom is -0.318 e. The van der Waals surface area contributed by atoms with E-state index < -0.39 is 11.8 Å². The zero-order valence-electron chi connectivity index (χ0n) is 14.2. The first-order chi connectivity index (χ1) is 11.2. The number of carbonyl (C=O) groups is 2. The number of amides is 2. The molecule has 5 heteroatoms. The van der Waals surface area contributed by atoms with Crippen LogP contribution in [0.2, 0.25) is 5.02 Å². The van der Waals surface area contributed by atoms with E-state index in [1.54, 1.807) is 30.3 Å². The van der Waals surface area contributed by atoms with Crippen LogP contribution in [0.25, 0.3) is 0 Å². The summed E-state index contributed by atoms with van der Waals surface area (Å²) in [4.78, 5) is 24.1. The Hall–Kier alpha value is -2.33. The molecule has 0 aliphatic rings. The average Bonchev–Trinajstić information content (AvgIpc) is 2.49. The van der Waals surface area contributed by atoms with Crippen LogP contribution < -0.4 is 10.6 Å². The highest BCUT2D eigenvalue weighted by Gasteiger charge is 2.16. The van der Waals surface area contributed by atoms with Gasteiger partial charge in [0.15, 0.2) is 0 Å². The molecule has 2 rings (SSSR count). The van der Waals surface area contributed by atoms with Crippen LogP contribution in [0.4, 0.5) is 11.4 Å². The van der Waals surface area contributed by atoms with Crippen LogP contribution in [0.3, 0.4) is 0 Å². The lowest BCUT2D eigenvalue weighted by atomic mass is 9.87. The predicted molar refractivity (Wildman–Crippen MR) is 98.6 cm³/mol. The van der Waals surface area contributed by atoms with Crippen LogP contribution in [0, 0.1) is 6.92 Å². The van der Waals surface area contributed by atoms with Crippen molar-refractivity contribution in [3.63, 3.8) is 0 Å². The van der Waals surface area contributed by atoms with Crippen molar-refractivity contribution in [3.8, 4) is 0 Å². The summed E-state index contributed by atoms with van der Waals surface area (Å²) in [6.45, 7) is 8.15. The van der Waals surface area contributed by atoms with Gasteiger partial charge in [-0.2, -0.15) is 0 Å². The van der Waals surface area contributed by atoms with Gasteiger partial charge in [-0.15, -0.1) is 0 Å². The van der Waals surface area contributed by atoms with E-state index in [0.717, 1.165) is 11.1 Å². The van der Waals surface area contributed by atoms with Crippen molar-refractivity contribution >= 4 is 34.8 Å². The molecule has 0 aliphatic carbocycles. The molecule has 2 N–H and O–H groups in total. The smallest absolute Gasteiger partial charge is 0.314 e. The molecule has 0 saturated carbocycles. The van der Waals surface area contributed by atoms with Crippen molar-refractivity contribution < 1.29 is 9.59 Å². The average molecular weight is 345 g/mol. The molecule has 4 nitrogen and oxygen atoms in total. The third kappa shape index (κ3) is 4.59. The van der Waals surface area contributed by atoms with Crippen LogP contribution in [0.1, 0.15) is 31.9 Å². The third-order valence-corrected chi connectivity index (χ3v) is 3.89. The monoisotopic (exact) mass is 344 g/mol. The van der Waals surface area contributed by atoms with E-state index in [-0.39, 0.29) is 5.41 Å². The summed E-state index contributed by atoms with van der Waals surface area (Å²) in [6.07, 6.45) is 0. The maximum absolute atomic E-state index is 12.0. The van der Waals surface area contributed by atoms with Crippen LogP contribution in [-0.2, 0) is 15.0 Å². The molecule has 0 aliphatic heterocycles. The van der Waals surface area contributed by atoms with Gasteiger partial charge in [0.2, 0.25) is 0 Å². The summed E-state index contributed by atoms with van der Waals surface area (Å²) < 4.78 is 0. The van der Waals surface area contributed by atoms with Crippen molar-refractivity contribution in [1.29, 1.82) is 0 Å². The topological polar surface area (TPSA) is 58.2 Å². The van der Waals surface area contributed by atoms with Crippen molar-refractivity contribution in [3.05, 3.63) is 58.6 Å². The van der Waals surface area contributed by atoms with Gasteiger partial charge in [0.25, 0.3) is 0 Å². The first-order valence-corrected chi connectivity index (χ1v) is 8.03. The molecule has 0 radical (unpaired) electrons. The molecule has 2 aromatic carbocycles. The van der Waals surface area contributed by atoms with Crippen molar-refractivity contribution in [2.24, 2.45) is 0 Å². The van der Waals surface area contributed by atoms with Crippen LogP contribution in [0.15, 0.2) is 42.5 Å². The lowest BCUT2D eigenvalue weighted by molar-refractivity contribution is -0.133. The molecule has 0 spiro atoms. The second-order valence-corrected chi connectivity index (χ2v) is 7.13. The Balaban J connectivity index is 2.02. The normalized spacial score (nSPS) is 11.0. The standard InChI is InChI=1S/C19H21ClN2O2/c1-12-11-14(20)7-10-16(12)22-18(24)17(23)21-15-8-5-13(6-9-15)19(2,3)4/h5-11H,1-4H3,(H,21,23)(H,22,24). The number of rotatable bonds is 2.